The molecule has 1 amide bonds. The summed E-state index contributed by atoms with van der Waals surface area (Å²) >= 11 is 1.66. The summed E-state index contributed by atoms with van der Waals surface area (Å²) in [5.41, 5.74) is 0.148. The molecule has 0 unspecified atom stereocenters. The van der Waals surface area contributed by atoms with E-state index in [9.17, 15) is 18.0 Å². The summed E-state index contributed by atoms with van der Waals surface area (Å²) in [5, 5.41) is 4.90. The predicted molar refractivity (Wildman–Crippen MR) is 83.3 cm³/mol. The van der Waals surface area contributed by atoms with Crippen LogP contribution in [0.25, 0.3) is 0 Å². The monoisotopic (exact) mass is 339 g/mol. The van der Waals surface area contributed by atoms with Crippen LogP contribution in [-0.2, 0) is 17.4 Å². The average molecular weight is 339 g/mol. The normalized spacial score (nSPS) is 20.3. The molecule has 2 nitrogen and oxygen atoms in total. The van der Waals surface area contributed by atoms with E-state index in [-0.39, 0.29) is 17.7 Å². The zero-order chi connectivity index (χ0) is 16.4. The van der Waals surface area contributed by atoms with Gasteiger partial charge in [-0.05, 0) is 47.9 Å². The lowest BCUT2D eigenvalue weighted by Crippen LogP contribution is -2.27. The van der Waals surface area contributed by atoms with Crippen LogP contribution in [0, 0.1) is 5.92 Å². The zero-order valence-corrected chi connectivity index (χ0v) is 13.1. The van der Waals surface area contributed by atoms with Crippen LogP contribution in [0.2, 0.25) is 0 Å². The number of alkyl halides is 3. The summed E-state index contributed by atoms with van der Waals surface area (Å²) in [4.78, 5) is 13.3. The second-order valence-corrected chi connectivity index (χ2v) is 6.72. The van der Waals surface area contributed by atoms with Gasteiger partial charge < -0.3 is 5.32 Å². The van der Waals surface area contributed by atoms with Gasteiger partial charge in [-0.15, -0.1) is 11.3 Å². The Morgan fingerprint density at radius 2 is 1.96 bits per heavy atom. The lowest BCUT2D eigenvalue weighted by molar-refractivity contribution is -0.137. The Labute approximate surface area is 136 Å². The minimum atomic E-state index is -4.32. The molecule has 0 radical (unpaired) electrons. The molecule has 1 saturated carbocycles. The third-order valence-corrected chi connectivity index (χ3v) is 4.98. The molecule has 1 aromatic heterocycles. The number of hydrogen-bond donors (Lipinski definition) is 1. The highest BCUT2D eigenvalue weighted by Crippen LogP contribution is 2.47. The van der Waals surface area contributed by atoms with Gasteiger partial charge in [0, 0.05) is 17.3 Å². The van der Waals surface area contributed by atoms with Crippen molar-refractivity contribution in [1.29, 1.82) is 0 Å². The number of carbonyl (C=O) groups excluding carboxylic acids is 1. The SMILES string of the molecule is O=C(NCCc1cccs1)[C@H]1C[C@@H]1c1ccc(C(F)(F)F)cc1. The molecular formula is C17H16F3NOS. The van der Waals surface area contributed by atoms with Crippen molar-refractivity contribution in [3.8, 4) is 0 Å². The van der Waals surface area contributed by atoms with E-state index < -0.39 is 11.7 Å². The number of benzene rings is 1. The molecule has 0 bridgehead atoms. The van der Waals surface area contributed by atoms with Crippen LogP contribution in [0.15, 0.2) is 41.8 Å². The third-order valence-electron chi connectivity index (χ3n) is 4.04. The first-order chi connectivity index (χ1) is 10.9. The Balaban J connectivity index is 1.49. The first-order valence-corrected chi connectivity index (χ1v) is 8.30. The van der Waals surface area contributed by atoms with E-state index >= 15 is 0 Å². The van der Waals surface area contributed by atoms with Crippen molar-refractivity contribution in [1.82, 2.24) is 5.32 Å². The Bertz CT molecular complexity index is 664. The average Bonchev–Trinajstić information content (AvgIpc) is 3.15. The highest BCUT2D eigenvalue weighted by Gasteiger charge is 2.44. The summed E-state index contributed by atoms with van der Waals surface area (Å²) < 4.78 is 37.6. The maximum Gasteiger partial charge on any atom is 0.416 e. The topological polar surface area (TPSA) is 29.1 Å². The summed E-state index contributed by atoms with van der Waals surface area (Å²) in [6, 6.07) is 9.12. The number of thiophene rings is 1. The quantitative estimate of drug-likeness (QED) is 0.868. The van der Waals surface area contributed by atoms with E-state index in [0.717, 1.165) is 24.1 Å². The molecule has 122 valence electrons. The Kier molecular flexibility index (Phi) is 4.43. The molecule has 2 atom stereocenters. The molecular weight excluding hydrogens is 323 g/mol. The smallest absolute Gasteiger partial charge is 0.355 e. The van der Waals surface area contributed by atoms with Crippen LogP contribution in [0.4, 0.5) is 13.2 Å². The van der Waals surface area contributed by atoms with Crippen LogP contribution in [0.3, 0.4) is 0 Å². The summed E-state index contributed by atoms with van der Waals surface area (Å²) in [6.45, 7) is 0.593. The van der Waals surface area contributed by atoms with Crippen molar-refractivity contribution < 1.29 is 18.0 Å². The summed E-state index contributed by atoms with van der Waals surface area (Å²) in [5.74, 6) is -0.0828. The maximum absolute atomic E-state index is 12.5. The standard InChI is InChI=1S/C17H16F3NOS/c18-17(19,20)12-5-3-11(4-6-12)14-10-15(14)16(22)21-8-7-13-2-1-9-23-13/h1-6,9,14-15H,7-8,10H2,(H,21,22)/t14-,15+/m1/s1. The Morgan fingerprint density at radius 1 is 1.22 bits per heavy atom. The molecule has 23 heavy (non-hydrogen) atoms. The summed E-state index contributed by atoms with van der Waals surface area (Å²) in [6.07, 6.45) is -2.81. The number of halogens is 3. The van der Waals surface area contributed by atoms with Gasteiger partial charge in [-0.25, -0.2) is 0 Å². The van der Waals surface area contributed by atoms with E-state index in [2.05, 4.69) is 5.32 Å². The number of rotatable bonds is 5. The molecule has 1 aliphatic rings. The molecule has 1 aromatic carbocycles. The van der Waals surface area contributed by atoms with E-state index in [4.69, 9.17) is 0 Å². The fourth-order valence-corrected chi connectivity index (χ4v) is 3.38. The predicted octanol–water partition coefficient (Wildman–Crippen LogP) is 4.23. The van der Waals surface area contributed by atoms with E-state index in [0.29, 0.717) is 13.0 Å². The molecule has 3 rings (SSSR count). The molecule has 1 N–H and O–H groups in total. The van der Waals surface area contributed by atoms with Crippen LogP contribution < -0.4 is 5.32 Å². The third kappa shape index (κ3) is 3.93. The molecule has 1 aliphatic carbocycles. The Morgan fingerprint density at radius 3 is 2.57 bits per heavy atom. The molecule has 1 heterocycles. The minimum Gasteiger partial charge on any atom is -0.355 e. The number of hydrogen-bond acceptors (Lipinski definition) is 2. The van der Waals surface area contributed by atoms with Crippen molar-refractivity contribution in [2.24, 2.45) is 5.92 Å². The number of carbonyl (C=O) groups is 1. The lowest BCUT2D eigenvalue weighted by atomic mass is 10.1. The van der Waals surface area contributed by atoms with Gasteiger partial charge in [0.15, 0.2) is 0 Å². The van der Waals surface area contributed by atoms with Gasteiger partial charge in [0.2, 0.25) is 5.91 Å². The van der Waals surface area contributed by atoms with Crippen molar-refractivity contribution in [3.63, 3.8) is 0 Å². The van der Waals surface area contributed by atoms with Gasteiger partial charge in [-0.1, -0.05) is 18.2 Å². The van der Waals surface area contributed by atoms with Crippen molar-refractivity contribution in [2.75, 3.05) is 6.54 Å². The van der Waals surface area contributed by atoms with Gasteiger partial charge in [-0.2, -0.15) is 13.2 Å². The van der Waals surface area contributed by atoms with Crippen LogP contribution in [0.1, 0.15) is 28.3 Å². The molecule has 6 heteroatoms. The molecule has 0 spiro atoms. The molecule has 1 fully saturated rings. The van der Waals surface area contributed by atoms with E-state index in [1.807, 2.05) is 17.5 Å². The second kappa shape index (κ2) is 6.35. The van der Waals surface area contributed by atoms with Gasteiger partial charge in [0.25, 0.3) is 0 Å². The van der Waals surface area contributed by atoms with E-state index in [1.54, 1.807) is 11.3 Å². The Hall–Kier alpha value is -1.82. The van der Waals surface area contributed by atoms with Crippen molar-refractivity contribution >= 4 is 17.2 Å². The number of nitrogens with one attached hydrogen (secondary N) is 1. The summed E-state index contributed by atoms with van der Waals surface area (Å²) in [7, 11) is 0. The van der Waals surface area contributed by atoms with E-state index in [1.165, 1.54) is 17.0 Å². The van der Waals surface area contributed by atoms with Crippen LogP contribution in [0.5, 0.6) is 0 Å². The first kappa shape index (κ1) is 16.1. The van der Waals surface area contributed by atoms with Crippen LogP contribution >= 0.6 is 11.3 Å². The molecule has 0 aliphatic heterocycles. The van der Waals surface area contributed by atoms with Crippen molar-refractivity contribution in [3.05, 3.63) is 57.8 Å². The fourth-order valence-electron chi connectivity index (χ4n) is 2.67. The minimum absolute atomic E-state index is 0.00791. The van der Waals surface area contributed by atoms with Crippen molar-refractivity contribution in [2.45, 2.75) is 24.9 Å². The fraction of sp³-hybridized carbons (Fsp3) is 0.353. The highest BCUT2D eigenvalue weighted by molar-refractivity contribution is 7.09. The molecule has 0 saturated heterocycles. The van der Waals surface area contributed by atoms with Crippen LogP contribution in [-0.4, -0.2) is 12.5 Å². The first-order valence-electron chi connectivity index (χ1n) is 7.42. The highest BCUT2D eigenvalue weighted by atomic mass is 32.1. The van der Waals surface area contributed by atoms with Gasteiger partial charge in [0.1, 0.15) is 0 Å². The lowest BCUT2D eigenvalue weighted by Gasteiger charge is -2.08. The second-order valence-electron chi connectivity index (χ2n) is 5.69. The van der Waals surface area contributed by atoms with Gasteiger partial charge in [-0.3, -0.25) is 4.79 Å². The number of amides is 1. The van der Waals surface area contributed by atoms with Gasteiger partial charge in [0.05, 0.1) is 5.56 Å². The largest absolute Gasteiger partial charge is 0.416 e. The maximum atomic E-state index is 12.5. The molecule has 2 aromatic rings. The zero-order valence-electron chi connectivity index (χ0n) is 12.3. The van der Waals surface area contributed by atoms with Gasteiger partial charge >= 0.3 is 6.18 Å².